The van der Waals surface area contributed by atoms with Crippen molar-refractivity contribution in [1.29, 1.82) is 0 Å². The highest BCUT2D eigenvalue weighted by molar-refractivity contribution is 7.14. The Labute approximate surface area is 108 Å². The van der Waals surface area contributed by atoms with Crippen LogP contribution in [0.5, 0.6) is 0 Å². The van der Waals surface area contributed by atoms with Gasteiger partial charge in [-0.25, -0.2) is 4.79 Å². The van der Waals surface area contributed by atoms with Crippen LogP contribution < -0.4 is 5.73 Å². The van der Waals surface area contributed by atoms with Gasteiger partial charge in [-0.3, -0.25) is 4.79 Å². The molecule has 92 valence electrons. The van der Waals surface area contributed by atoms with Gasteiger partial charge >= 0.3 is 5.97 Å². The molecule has 0 aliphatic heterocycles. The summed E-state index contributed by atoms with van der Waals surface area (Å²) in [7, 11) is 0. The van der Waals surface area contributed by atoms with Gasteiger partial charge in [0, 0.05) is 11.3 Å². The van der Waals surface area contributed by atoms with Crippen molar-refractivity contribution in [3.8, 4) is 0 Å². The number of carboxylic acid groups (broad SMARTS) is 1. The van der Waals surface area contributed by atoms with Crippen LogP contribution in [0.1, 0.15) is 30.5 Å². The van der Waals surface area contributed by atoms with Gasteiger partial charge < -0.3 is 10.8 Å². The van der Waals surface area contributed by atoms with Gasteiger partial charge in [0.1, 0.15) is 0 Å². The third-order valence-electron chi connectivity index (χ3n) is 2.48. The summed E-state index contributed by atoms with van der Waals surface area (Å²) in [5.41, 5.74) is 6.44. The molecule has 1 aromatic carbocycles. The summed E-state index contributed by atoms with van der Waals surface area (Å²) in [6.45, 7) is 0. The number of carbonyl (C=O) groups excluding carboxylic acids is 1. The van der Waals surface area contributed by atoms with Crippen LogP contribution in [0.2, 0.25) is 0 Å². The fourth-order valence-electron chi connectivity index (χ4n) is 1.57. The zero-order valence-corrected chi connectivity index (χ0v) is 10.2. The minimum atomic E-state index is -0.936. The molecule has 0 radical (unpaired) electrons. The number of hydrogen-bond donors (Lipinski definition) is 2. The monoisotopic (exact) mass is 261 g/mol. The zero-order valence-electron chi connectivity index (χ0n) is 9.42. The number of carbonyl (C=O) groups is 2. The van der Waals surface area contributed by atoms with Crippen LogP contribution in [0.3, 0.4) is 0 Å². The molecular weight excluding hydrogens is 250 g/mol. The van der Waals surface area contributed by atoms with E-state index in [1.54, 1.807) is 30.3 Å². The smallest absolute Gasteiger partial charge is 0.335 e. The molecule has 2 rings (SSSR count). The third-order valence-corrected chi connectivity index (χ3v) is 3.58. The van der Waals surface area contributed by atoms with Crippen LogP contribution in [0, 0.1) is 0 Å². The molecule has 1 amide bonds. The SMILES string of the molecule is NC(=O)c1ccc(Cc2ccc(C(=O)O)cc2)s1. The van der Waals surface area contributed by atoms with Crippen LogP contribution in [0.15, 0.2) is 36.4 Å². The lowest BCUT2D eigenvalue weighted by Crippen LogP contribution is -2.08. The normalized spacial score (nSPS) is 10.2. The molecule has 2 aromatic rings. The Hall–Kier alpha value is -2.14. The molecule has 0 spiro atoms. The van der Waals surface area contributed by atoms with Gasteiger partial charge in [-0.05, 0) is 29.8 Å². The number of amides is 1. The quantitative estimate of drug-likeness (QED) is 0.884. The highest BCUT2D eigenvalue weighted by Crippen LogP contribution is 2.19. The maximum atomic E-state index is 11.0. The zero-order chi connectivity index (χ0) is 13.1. The summed E-state index contributed by atoms with van der Waals surface area (Å²) in [5.74, 6) is -1.36. The predicted octanol–water partition coefficient (Wildman–Crippen LogP) is 2.14. The summed E-state index contributed by atoms with van der Waals surface area (Å²) in [5, 5.41) is 8.78. The second-order valence-electron chi connectivity index (χ2n) is 3.81. The molecule has 0 unspecified atom stereocenters. The second kappa shape index (κ2) is 5.01. The van der Waals surface area contributed by atoms with Crippen LogP contribution in [-0.4, -0.2) is 17.0 Å². The Morgan fingerprint density at radius 2 is 1.78 bits per heavy atom. The Kier molecular flexibility index (Phi) is 3.43. The third kappa shape index (κ3) is 2.75. The lowest BCUT2D eigenvalue weighted by atomic mass is 10.1. The van der Waals surface area contributed by atoms with Crippen molar-refractivity contribution in [3.63, 3.8) is 0 Å². The first kappa shape index (κ1) is 12.3. The number of carboxylic acids is 1. The summed E-state index contributed by atoms with van der Waals surface area (Å²) < 4.78 is 0. The maximum absolute atomic E-state index is 11.0. The van der Waals surface area contributed by atoms with E-state index in [0.717, 1.165) is 10.4 Å². The molecule has 1 heterocycles. The average Bonchev–Trinajstić information content (AvgIpc) is 2.78. The second-order valence-corrected chi connectivity index (χ2v) is 4.98. The summed E-state index contributed by atoms with van der Waals surface area (Å²) >= 11 is 1.36. The Balaban J connectivity index is 2.13. The first-order valence-electron chi connectivity index (χ1n) is 5.27. The number of benzene rings is 1. The number of primary amides is 1. The van der Waals surface area contributed by atoms with E-state index in [2.05, 4.69) is 0 Å². The van der Waals surface area contributed by atoms with Gasteiger partial charge in [0.05, 0.1) is 10.4 Å². The van der Waals surface area contributed by atoms with Crippen molar-refractivity contribution in [3.05, 3.63) is 57.3 Å². The van der Waals surface area contributed by atoms with Crippen LogP contribution in [0.4, 0.5) is 0 Å². The largest absolute Gasteiger partial charge is 0.478 e. The topological polar surface area (TPSA) is 80.4 Å². The number of nitrogens with two attached hydrogens (primary N) is 1. The number of rotatable bonds is 4. The molecule has 5 heteroatoms. The van der Waals surface area contributed by atoms with E-state index >= 15 is 0 Å². The van der Waals surface area contributed by atoms with Gasteiger partial charge in [-0.15, -0.1) is 11.3 Å². The highest BCUT2D eigenvalue weighted by atomic mass is 32.1. The molecule has 0 saturated carbocycles. The molecule has 0 aliphatic rings. The predicted molar refractivity (Wildman–Crippen MR) is 69.0 cm³/mol. The molecule has 0 aliphatic carbocycles. The highest BCUT2D eigenvalue weighted by Gasteiger charge is 2.06. The molecule has 1 aromatic heterocycles. The van der Waals surface area contributed by atoms with E-state index in [1.165, 1.54) is 11.3 Å². The molecule has 0 bridgehead atoms. The summed E-state index contributed by atoms with van der Waals surface area (Å²) in [4.78, 5) is 23.2. The van der Waals surface area contributed by atoms with Crippen molar-refractivity contribution in [2.45, 2.75) is 6.42 Å². The van der Waals surface area contributed by atoms with Crippen LogP contribution >= 0.6 is 11.3 Å². The molecule has 18 heavy (non-hydrogen) atoms. The number of aromatic carboxylic acids is 1. The van der Waals surface area contributed by atoms with Crippen molar-refractivity contribution in [1.82, 2.24) is 0 Å². The van der Waals surface area contributed by atoms with E-state index in [1.807, 2.05) is 6.07 Å². The van der Waals surface area contributed by atoms with Gasteiger partial charge in [0.2, 0.25) is 0 Å². The van der Waals surface area contributed by atoms with Gasteiger partial charge in [0.15, 0.2) is 0 Å². The van der Waals surface area contributed by atoms with Gasteiger partial charge in [-0.1, -0.05) is 12.1 Å². The Morgan fingerprint density at radius 3 is 2.28 bits per heavy atom. The molecule has 3 N–H and O–H groups in total. The molecule has 0 atom stereocenters. The van der Waals surface area contributed by atoms with Gasteiger partial charge in [-0.2, -0.15) is 0 Å². The Bertz CT molecular complexity index is 587. The maximum Gasteiger partial charge on any atom is 0.335 e. The average molecular weight is 261 g/mol. The summed E-state index contributed by atoms with van der Waals surface area (Å²) in [6.07, 6.45) is 0.665. The standard InChI is InChI=1S/C13H11NO3S/c14-12(15)11-6-5-10(18-11)7-8-1-3-9(4-2-8)13(16)17/h1-6H,7H2,(H2,14,15)(H,16,17). The van der Waals surface area contributed by atoms with E-state index in [0.29, 0.717) is 11.3 Å². The Morgan fingerprint density at radius 1 is 1.11 bits per heavy atom. The number of hydrogen-bond acceptors (Lipinski definition) is 3. The van der Waals surface area contributed by atoms with E-state index in [9.17, 15) is 9.59 Å². The fraction of sp³-hybridized carbons (Fsp3) is 0.0769. The molecule has 0 fully saturated rings. The van der Waals surface area contributed by atoms with E-state index < -0.39 is 11.9 Å². The molecular formula is C13H11NO3S. The molecule has 0 saturated heterocycles. The van der Waals surface area contributed by atoms with Gasteiger partial charge in [0.25, 0.3) is 5.91 Å². The summed E-state index contributed by atoms with van der Waals surface area (Å²) in [6, 6.07) is 10.2. The molecule has 4 nitrogen and oxygen atoms in total. The van der Waals surface area contributed by atoms with Crippen molar-refractivity contribution in [2.24, 2.45) is 5.73 Å². The minimum absolute atomic E-state index is 0.266. The lowest BCUT2D eigenvalue weighted by molar-refractivity contribution is 0.0696. The van der Waals surface area contributed by atoms with E-state index in [4.69, 9.17) is 10.8 Å². The first-order valence-corrected chi connectivity index (χ1v) is 6.08. The lowest BCUT2D eigenvalue weighted by Gasteiger charge is -1.99. The van der Waals surface area contributed by atoms with Crippen molar-refractivity contribution < 1.29 is 14.7 Å². The minimum Gasteiger partial charge on any atom is -0.478 e. The van der Waals surface area contributed by atoms with Crippen molar-refractivity contribution in [2.75, 3.05) is 0 Å². The van der Waals surface area contributed by atoms with Crippen LogP contribution in [0.25, 0.3) is 0 Å². The number of thiophene rings is 1. The van der Waals surface area contributed by atoms with E-state index in [-0.39, 0.29) is 5.56 Å². The van der Waals surface area contributed by atoms with Crippen molar-refractivity contribution >= 4 is 23.2 Å². The first-order chi connectivity index (χ1) is 8.56. The van der Waals surface area contributed by atoms with Crippen LogP contribution in [-0.2, 0) is 6.42 Å². The fourth-order valence-corrected chi connectivity index (χ4v) is 2.47.